The van der Waals surface area contributed by atoms with Crippen molar-refractivity contribution in [1.29, 1.82) is 0 Å². The summed E-state index contributed by atoms with van der Waals surface area (Å²) in [5.41, 5.74) is 1.74. The molecule has 7 nitrogen and oxygen atoms in total. The highest BCUT2D eigenvalue weighted by Gasteiger charge is 2.32. The Morgan fingerprint density at radius 2 is 1.72 bits per heavy atom. The number of likely N-dealkylation sites (tertiary alicyclic amines) is 1. The van der Waals surface area contributed by atoms with Crippen LogP contribution in [0.15, 0.2) is 77.7 Å². The van der Waals surface area contributed by atoms with E-state index in [0.717, 1.165) is 60.3 Å². The van der Waals surface area contributed by atoms with E-state index in [2.05, 4.69) is 21.0 Å². The van der Waals surface area contributed by atoms with Crippen LogP contribution in [0.2, 0.25) is 0 Å². The van der Waals surface area contributed by atoms with Crippen molar-refractivity contribution >= 4 is 15.9 Å². The summed E-state index contributed by atoms with van der Waals surface area (Å²) in [6.07, 6.45) is -0.478. The molecule has 230 valence electrons. The fourth-order valence-electron chi connectivity index (χ4n) is 5.72. The number of nitrogens with one attached hydrogen (secondary N) is 2. The fraction of sp³-hybridized carbons (Fsp3) is 0.406. The number of sulfonamides is 1. The molecule has 0 saturated carbocycles. The second-order valence-electron chi connectivity index (χ2n) is 11.2. The number of halogens is 3. The monoisotopic (exact) mass is 615 g/mol. The molecule has 0 aliphatic carbocycles. The van der Waals surface area contributed by atoms with Gasteiger partial charge in [-0.15, -0.1) is 0 Å². The zero-order valence-corrected chi connectivity index (χ0v) is 24.6. The molecule has 2 N–H and O–H groups in total. The molecular formula is C32H36F3N3O4S. The Kier molecular flexibility index (Phi) is 9.73. The van der Waals surface area contributed by atoms with E-state index in [0.29, 0.717) is 19.1 Å². The molecule has 0 aromatic heterocycles. The lowest BCUT2D eigenvalue weighted by Crippen LogP contribution is -2.41. The number of rotatable bonds is 10. The number of amides is 1. The Bertz CT molecular complexity index is 1510. The van der Waals surface area contributed by atoms with Crippen LogP contribution >= 0.6 is 0 Å². The minimum atomic E-state index is -4.69. The minimum absolute atomic E-state index is 0.177. The molecule has 11 heteroatoms. The van der Waals surface area contributed by atoms with Gasteiger partial charge in [-0.2, -0.15) is 13.2 Å². The number of benzene rings is 3. The summed E-state index contributed by atoms with van der Waals surface area (Å²) in [6.45, 7) is 3.44. The predicted octanol–water partition coefficient (Wildman–Crippen LogP) is 5.61. The summed E-state index contributed by atoms with van der Waals surface area (Å²) < 4.78 is 74.6. The van der Waals surface area contributed by atoms with Crippen molar-refractivity contribution in [2.24, 2.45) is 0 Å². The Morgan fingerprint density at radius 1 is 0.953 bits per heavy atom. The van der Waals surface area contributed by atoms with Crippen LogP contribution in [0.3, 0.4) is 0 Å². The van der Waals surface area contributed by atoms with E-state index in [4.69, 9.17) is 4.74 Å². The summed E-state index contributed by atoms with van der Waals surface area (Å²) in [5.74, 6) is 0.361. The largest absolute Gasteiger partial charge is 0.493 e. The van der Waals surface area contributed by atoms with Gasteiger partial charge in [-0.05, 0) is 67.7 Å². The average molecular weight is 616 g/mol. The van der Waals surface area contributed by atoms with Crippen LogP contribution in [0.25, 0.3) is 0 Å². The maximum absolute atomic E-state index is 13.3. The zero-order chi connectivity index (χ0) is 30.5. The maximum Gasteiger partial charge on any atom is 0.416 e. The number of carbonyl (C=O) groups is 1. The first-order valence-corrected chi connectivity index (χ1v) is 16.1. The highest BCUT2D eigenvalue weighted by Crippen LogP contribution is 2.34. The van der Waals surface area contributed by atoms with Crippen LogP contribution in [0.5, 0.6) is 5.75 Å². The number of alkyl halides is 3. The highest BCUT2D eigenvalue weighted by atomic mass is 32.2. The Morgan fingerprint density at radius 3 is 2.47 bits per heavy atom. The number of carbonyl (C=O) groups excluding carboxylic acids is 1. The molecular weight excluding hydrogens is 579 g/mol. The number of hydrogen-bond acceptors (Lipinski definition) is 5. The van der Waals surface area contributed by atoms with Gasteiger partial charge in [-0.1, -0.05) is 55.0 Å². The molecule has 0 unspecified atom stereocenters. The lowest BCUT2D eigenvalue weighted by molar-refractivity contribution is -0.137. The molecule has 2 aliphatic heterocycles. The number of piperidine rings is 1. The van der Waals surface area contributed by atoms with Crippen LogP contribution < -0.4 is 14.8 Å². The van der Waals surface area contributed by atoms with Crippen LogP contribution in [0.4, 0.5) is 13.2 Å². The molecule has 3 aromatic carbocycles. The van der Waals surface area contributed by atoms with Crippen LogP contribution in [0.1, 0.15) is 60.4 Å². The van der Waals surface area contributed by atoms with Gasteiger partial charge in [-0.3, -0.25) is 9.69 Å². The number of nitrogens with zero attached hydrogens (tertiary/aromatic N) is 1. The molecule has 1 amide bonds. The van der Waals surface area contributed by atoms with E-state index in [1.54, 1.807) is 24.3 Å². The van der Waals surface area contributed by atoms with E-state index in [1.165, 1.54) is 19.3 Å². The Labute approximate surface area is 250 Å². The Balaban J connectivity index is 1.29. The molecule has 2 atom stereocenters. The first-order valence-electron chi connectivity index (χ1n) is 14.6. The summed E-state index contributed by atoms with van der Waals surface area (Å²) in [5, 5.41) is 3.03. The zero-order valence-electron chi connectivity index (χ0n) is 23.8. The minimum Gasteiger partial charge on any atom is -0.493 e. The summed E-state index contributed by atoms with van der Waals surface area (Å²) >= 11 is 0. The third-order valence-electron chi connectivity index (χ3n) is 7.86. The van der Waals surface area contributed by atoms with E-state index in [-0.39, 0.29) is 24.8 Å². The Hall–Kier alpha value is -3.41. The fourth-order valence-corrected chi connectivity index (χ4v) is 7.00. The van der Waals surface area contributed by atoms with Crippen molar-refractivity contribution in [2.45, 2.75) is 68.2 Å². The van der Waals surface area contributed by atoms with E-state index in [1.807, 2.05) is 18.2 Å². The van der Waals surface area contributed by atoms with Crippen LogP contribution in [-0.2, 0) is 34.0 Å². The third kappa shape index (κ3) is 8.36. The predicted molar refractivity (Wildman–Crippen MR) is 157 cm³/mol. The van der Waals surface area contributed by atoms with E-state index >= 15 is 0 Å². The second-order valence-corrected chi connectivity index (χ2v) is 12.9. The first kappa shape index (κ1) is 31.0. The van der Waals surface area contributed by atoms with Crippen molar-refractivity contribution in [3.63, 3.8) is 0 Å². The van der Waals surface area contributed by atoms with Crippen molar-refractivity contribution in [3.05, 3.63) is 95.1 Å². The molecule has 5 rings (SSSR count). The summed E-state index contributed by atoms with van der Waals surface area (Å²) in [6, 6.07) is 17.5. The molecule has 1 saturated heterocycles. The van der Waals surface area contributed by atoms with E-state index < -0.39 is 32.7 Å². The van der Waals surface area contributed by atoms with Gasteiger partial charge >= 0.3 is 6.18 Å². The van der Waals surface area contributed by atoms with E-state index in [9.17, 15) is 26.4 Å². The molecule has 0 bridgehead atoms. The van der Waals surface area contributed by atoms with Crippen LogP contribution in [0, 0.1) is 0 Å². The SMILES string of the molecule is O=C(C[C@H](Cc1ccccc1)NS(=O)(=O)c1cccc(C(F)(F)F)c1)N[C@@H]1CCOc2cc(CN3CCCCC3)ccc21. The van der Waals surface area contributed by atoms with Gasteiger partial charge in [0.2, 0.25) is 15.9 Å². The van der Waals surface area contributed by atoms with Gasteiger partial charge in [0.05, 0.1) is 23.1 Å². The quantitative estimate of drug-likeness (QED) is 0.310. The molecule has 2 heterocycles. The summed E-state index contributed by atoms with van der Waals surface area (Å²) in [7, 11) is -4.36. The number of fused-ring (bicyclic) bond motifs is 1. The number of hydrogen-bond donors (Lipinski definition) is 2. The van der Waals surface area contributed by atoms with Crippen molar-refractivity contribution in [3.8, 4) is 5.75 Å². The van der Waals surface area contributed by atoms with Crippen LogP contribution in [-0.4, -0.2) is 45.0 Å². The van der Waals surface area contributed by atoms with Gasteiger partial charge in [0.15, 0.2) is 0 Å². The molecule has 0 spiro atoms. The van der Waals surface area contributed by atoms with Crippen molar-refractivity contribution < 1.29 is 31.1 Å². The topological polar surface area (TPSA) is 87.7 Å². The smallest absolute Gasteiger partial charge is 0.416 e. The van der Waals surface area contributed by atoms with Gasteiger partial charge in [-0.25, -0.2) is 13.1 Å². The average Bonchev–Trinajstić information content (AvgIpc) is 2.97. The second kappa shape index (κ2) is 13.5. The molecule has 0 radical (unpaired) electrons. The number of ether oxygens (including phenoxy) is 1. The van der Waals surface area contributed by atoms with Crippen molar-refractivity contribution in [1.82, 2.24) is 14.9 Å². The maximum atomic E-state index is 13.3. The lowest BCUT2D eigenvalue weighted by atomic mass is 9.97. The molecule has 43 heavy (non-hydrogen) atoms. The van der Waals surface area contributed by atoms with Gasteiger partial charge in [0.1, 0.15) is 5.75 Å². The molecule has 3 aromatic rings. The highest BCUT2D eigenvalue weighted by molar-refractivity contribution is 7.89. The standard InChI is InChI=1S/C32H36F3N3O4S/c33-32(34,35)25-10-7-11-27(20-25)43(40,41)37-26(18-23-8-3-1-4-9-23)21-31(39)36-29-14-17-42-30-19-24(12-13-28(29)30)22-38-15-5-2-6-16-38/h1,3-4,7-13,19-20,26,29,37H,2,5-6,14-18,21-22H2,(H,36,39)/t26-,29+/m0/s1. The third-order valence-corrected chi connectivity index (χ3v) is 9.38. The van der Waals surface area contributed by atoms with Gasteiger partial charge in [0.25, 0.3) is 0 Å². The first-order chi connectivity index (χ1) is 20.6. The van der Waals surface area contributed by atoms with Crippen molar-refractivity contribution in [2.75, 3.05) is 19.7 Å². The molecule has 2 aliphatic rings. The van der Waals surface area contributed by atoms with Gasteiger partial charge in [0, 0.05) is 31.0 Å². The van der Waals surface area contributed by atoms with Gasteiger partial charge < -0.3 is 10.1 Å². The normalized spacial score (nSPS) is 18.3. The lowest BCUT2D eigenvalue weighted by Gasteiger charge is -2.29. The molecule has 1 fully saturated rings. The summed E-state index contributed by atoms with van der Waals surface area (Å²) in [4.78, 5) is 15.2.